The molecule has 0 heterocycles. The summed E-state index contributed by atoms with van der Waals surface area (Å²) in [5.41, 5.74) is 5.48. The largest absolute Gasteiger partial charge is 0.409 e. The molecule has 0 rings (SSSR count). The Morgan fingerprint density at radius 3 is 2.53 bits per heavy atom. The zero-order valence-corrected chi connectivity index (χ0v) is 9.66. The second kappa shape index (κ2) is 7.09. The van der Waals surface area contributed by atoms with Crippen LogP contribution in [0.15, 0.2) is 5.16 Å². The van der Waals surface area contributed by atoms with Crippen molar-refractivity contribution in [2.45, 2.75) is 46.1 Å². The number of rotatable bonds is 6. The molecule has 1 atom stereocenters. The van der Waals surface area contributed by atoms with Gasteiger partial charge in [0.05, 0.1) is 6.04 Å². The number of hydrogen-bond donors (Lipinski definition) is 3. The Morgan fingerprint density at radius 1 is 1.53 bits per heavy atom. The Balaban J connectivity index is 4.23. The first-order valence-electron chi connectivity index (χ1n) is 5.29. The van der Waals surface area contributed by atoms with Crippen molar-refractivity contribution < 1.29 is 10.0 Å². The molecule has 0 fully saturated rings. The molecule has 0 aliphatic heterocycles. The highest BCUT2D eigenvalue weighted by Crippen LogP contribution is 2.03. The Labute approximate surface area is 90.7 Å². The quantitative estimate of drug-likeness (QED) is 0.268. The number of amides is 1. The molecular formula is C10H21N3O2. The summed E-state index contributed by atoms with van der Waals surface area (Å²) in [7, 11) is 0. The van der Waals surface area contributed by atoms with E-state index in [0.717, 1.165) is 12.8 Å². The average molecular weight is 215 g/mol. The molecule has 0 spiro atoms. The molecule has 0 aromatic rings. The van der Waals surface area contributed by atoms with Gasteiger partial charge in [-0.3, -0.25) is 4.79 Å². The van der Waals surface area contributed by atoms with Crippen molar-refractivity contribution in [3.63, 3.8) is 0 Å². The number of nitrogens with one attached hydrogen (secondary N) is 1. The van der Waals surface area contributed by atoms with Gasteiger partial charge in [0.15, 0.2) is 5.84 Å². The van der Waals surface area contributed by atoms with Crippen LogP contribution in [0.2, 0.25) is 0 Å². The Morgan fingerprint density at radius 2 is 2.13 bits per heavy atom. The predicted molar refractivity (Wildman–Crippen MR) is 59.7 cm³/mol. The minimum absolute atomic E-state index is 0.0508. The van der Waals surface area contributed by atoms with Crippen LogP contribution in [0, 0.1) is 5.92 Å². The van der Waals surface area contributed by atoms with E-state index in [1.165, 1.54) is 0 Å². The lowest BCUT2D eigenvalue weighted by molar-refractivity contribution is -0.121. The number of carbonyl (C=O) groups excluding carboxylic acids is 1. The summed E-state index contributed by atoms with van der Waals surface area (Å²) in [6.45, 7) is 5.84. The van der Waals surface area contributed by atoms with Crippen LogP contribution in [0.3, 0.4) is 0 Å². The van der Waals surface area contributed by atoms with Crippen LogP contribution >= 0.6 is 0 Å². The number of hydrogen-bond acceptors (Lipinski definition) is 3. The molecule has 0 aliphatic rings. The second-order valence-electron chi connectivity index (χ2n) is 3.92. The van der Waals surface area contributed by atoms with Gasteiger partial charge in [0.2, 0.25) is 5.91 Å². The smallest absolute Gasteiger partial charge is 0.220 e. The standard InChI is InChI=1S/C10H21N3O2/c1-4-5-6-8(14)12-9(7(2)3)10(11)13-15/h7,9,15H,4-6H2,1-3H3,(H2,11,13)(H,12,14). The van der Waals surface area contributed by atoms with E-state index in [1.807, 2.05) is 20.8 Å². The third-order valence-corrected chi connectivity index (χ3v) is 2.17. The van der Waals surface area contributed by atoms with Gasteiger partial charge in [0.1, 0.15) is 0 Å². The summed E-state index contributed by atoms with van der Waals surface area (Å²) in [6.07, 6.45) is 2.31. The average Bonchev–Trinajstić information content (AvgIpc) is 2.21. The van der Waals surface area contributed by atoms with Crippen LogP contribution < -0.4 is 11.1 Å². The topological polar surface area (TPSA) is 87.7 Å². The molecule has 15 heavy (non-hydrogen) atoms. The second-order valence-corrected chi connectivity index (χ2v) is 3.92. The van der Waals surface area contributed by atoms with Crippen LogP contribution in [0.4, 0.5) is 0 Å². The van der Waals surface area contributed by atoms with Gasteiger partial charge in [-0.05, 0) is 12.3 Å². The molecule has 0 radical (unpaired) electrons. The summed E-state index contributed by atoms with van der Waals surface area (Å²) in [5, 5.41) is 14.2. The lowest BCUT2D eigenvalue weighted by Gasteiger charge is -2.20. The first-order valence-corrected chi connectivity index (χ1v) is 5.29. The van der Waals surface area contributed by atoms with E-state index in [2.05, 4.69) is 10.5 Å². The normalized spacial score (nSPS) is 14.0. The monoisotopic (exact) mass is 215 g/mol. The van der Waals surface area contributed by atoms with Gasteiger partial charge in [-0.25, -0.2) is 0 Å². The van der Waals surface area contributed by atoms with Gasteiger partial charge in [-0.15, -0.1) is 0 Å². The number of nitrogens with two attached hydrogens (primary N) is 1. The fraction of sp³-hybridized carbons (Fsp3) is 0.800. The van der Waals surface area contributed by atoms with Crippen molar-refractivity contribution in [2.24, 2.45) is 16.8 Å². The molecule has 88 valence electrons. The molecule has 0 saturated carbocycles. The number of carbonyl (C=O) groups is 1. The Kier molecular flexibility index (Phi) is 6.49. The van der Waals surface area contributed by atoms with Crippen LogP contribution in [0.5, 0.6) is 0 Å². The van der Waals surface area contributed by atoms with Crippen molar-refractivity contribution in [1.29, 1.82) is 0 Å². The van der Waals surface area contributed by atoms with Crippen LogP contribution in [-0.4, -0.2) is 23.0 Å². The number of unbranched alkanes of at least 4 members (excludes halogenated alkanes) is 1. The van der Waals surface area contributed by atoms with Crippen molar-refractivity contribution >= 4 is 11.7 Å². The molecule has 1 amide bonds. The van der Waals surface area contributed by atoms with Gasteiger partial charge in [0.25, 0.3) is 0 Å². The highest BCUT2D eigenvalue weighted by molar-refractivity contribution is 5.90. The zero-order chi connectivity index (χ0) is 11.8. The maximum Gasteiger partial charge on any atom is 0.220 e. The summed E-state index contributed by atoms with van der Waals surface area (Å²) in [4.78, 5) is 11.4. The third kappa shape index (κ3) is 5.24. The van der Waals surface area contributed by atoms with Crippen molar-refractivity contribution in [3.8, 4) is 0 Å². The van der Waals surface area contributed by atoms with Gasteiger partial charge in [0, 0.05) is 6.42 Å². The minimum atomic E-state index is -0.389. The van der Waals surface area contributed by atoms with E-state index >= 15 is 0 Å². The molecule has 5 heteroatoms. The van der Waals surface area contributed by atoms with Crippen LogP contribution in [0.1, 0.15) is 40.0 Å². The Bertz CT molecular complexity index is 227. The zero-order valence-electron chi connectivity index (χ0n) is 9.66. The van der Waals surface area contributed by atoms with Crippen LogP contribution in [0.25, 0.3) is 0 Å². The highest BCUT2D eigenvalue weighted by atomic mass is 16.4. The maximum absolute atomic E-state index is 11.4. The number of amidine groups is 1. The molecule has 1 unspecified atom stereocenters. The molecule has 0 aromatic heterocycles. The summed E-state index contributed by atoms with van der Waals surface area (Å²) in [6, 6.07) is -0.389. The molecule has 0 saturated heterocycles. The fourth-order valence-electron chi connectivity index (χ4n) is 1.23. The van der Waals surface area contributed by atoms with Gasteiger partial charge < -0.3 is 16.3 Å². The van der Waals surface area contributed by atoms with Crippen molar-refractivity contribution in [1.82, 2.24) is 5.32 Å². The first-order chi connectivity index (χ1) is 7.02. The van der Waals surface area contributed by atoms with E-state index in [-0.39, 0.29) is 23.7 Å². The number of nitrogens with zero attached hydrogens (tertiary/aromatic N) is 1. The minimum Gasteiger partial charge on any atom is -0.409 e. The highest BCUT2D eigenvalue weighted by Gasteiger charge is 2.19. The van der Waals surface area contributed by atoms with Crippen LogP contribution in [-0.2, 0) is 4.79 Å². The lowest BCUT2D eigenvalue weighted by Crippen LogP contribution is -2.47. The molecular weight excluding hydrogens is 194 g/mol. The van der Waals surface area contributed by atoms with E-state index in [0.29, 0.717) is 6.42 Å². The fourth-order valence-corrected chi connectivity index (χ4v) is 1.23. The van der Waals surface area contributed by atoms with E-state index in [1.54, 1.807) is 0 Å². The summed E-state index contributed by atoms with van der Waals surface area (Å²) < 4.78 is 0. The van der Waals surface area contributed by atoms with Gasteiger partial charge in [-0.2, -0.15) is 0 Å². The molecule has 5 nitrogen and oxygen atoms in total. The van der Waals surface area contributed by atoms with E-state index < -0.39 is 0 Å². The molecule has 0 bridgehead atoms. The SMILES string of the molecule is CCCCC(=O)NC(C(N)=NO)C(C)C. The number of oxime groups is 1. The van der Waals surface area contributed by atoms with Crippen molar-refractivity contribution in [3.05, 3.63) is 0 Å². The molecule has 0 aliphatic carbocycles. The lowest BCUT2D eigenvalue weighted by atomic mass is 10.0. The molecule has 4 N–H and O–H groups in total. The predicted octanol–water partition coefficient (Wildman–Crippen LogP) is 1.06. The van der Waals surface area contributed by atoms with Gasteiger partial charge in [-0.1, -0.05) is 32.3 Å². The van der Waals surface area contributed by atoms with E-state index in [9.17, 15) is 4.79 Å². The maximum atomic E-state index is 11.4. The third-order valence-electron chi connectivity index (χ3n) is 2.17. The first kappa shape index (κ1) is 13.7. The summed E-state index contributed by atoms with van der Waals surface area (Å²) >= 11 is 0. The summed E-state index contributed by atoms with van der Waals surface area (Å²) in [5.74, 6) is 0.100. The Hall–Kier alpha value is -1.26. The van der Waals surface area contributed by atoms with E-state index in [4.69, 9.17) is 10.9 Å². The van der Waals surface area contributed by atoms with Crippen molar-refractivity contribution in [2.75, 3.05) is 0 Å². The molecule has 0 aromatic carbocycles. The van der Waals surface area contributed by atoms with Gasteiger partial charge >= 0.3 is 0 Å².